The number of hydrogen-bond acceptors (Lipinski definition) is 2. The maximum absolute atomic E-state index is 11.8. The van der Waals surface area contributed by atoms with Crippen molar-refractivity contribution in [3.05, 3.63) is 0 Å². The highest BCUT2D eigenvalue weighted by Gasteiger charge is 2.32. The molecule has 0 bridgehead atoms. The van der Waals surface area contributed by atoms with Gasteiger partial charge in [-0.25, -0.2) is 0 Å². The summed E-state index contributed by atoms with van der Waals surface area (Å²) in [6.45, 7) is 9.16. The standard InChI is InChI=1S/C11H22N2O/c1-7-5-8(2)10(4)13(6-7)11(14)9(3)12/h7-10H,5-6,12H2,1-4H3/t7?,8?,9-,10?/m0/s1. The molecule has 3 unspecified atom stereocenters. The molecular weight excluding hydrogens is 176 g/mol. The van der Waals surface area contributed by atoms with Crippen LogP contribution in [-0.4, -0.2) is 29.4 Å². The van der Waals surface area contributed by atoms with Crippen LogP contribution in [0.3, 0.4) is 0 Å². The number of carbonyl (C=O) groups is 1. The Balaban J connectivity index is 2.71. The maximum Gasteiger partial charge on any atom is 0.239 e. The van der Waals surface area contributed by atoms with Crippen LogP contribution in [0.1, 0.15) is 34.1 Å². The van der Waals surface area contributed by atoms with Crippen molar-refractivity contribution < 1.29 is 4.79 Å². The van der Waals surface area contributed by atoms with E-state index < -0.39 is 0 Å². The number of carbonyl (C=O) groups excluding carboxylic acids is 1. The predicted molar refractivity (Wildman–Crippen MR) is 57.8 cm³/mol. The quantitative estimate of drug-likeness (QED) is 0.688. The molecule has 1 amide bonds. The van der Waals surface area contributed by atoms with Gasteiger partial charge >= 0.3 is 0 Å². The van der Waals surface area contributed by atoms with Gasteiger partial charge in [0.25, 0.3) is 0 Å². The number of likely N-dealkylation sites (tertiary alicyclic amines) is 1. The van der Waals surface area contributed by atoms with Gasteiger partial charge in [-0.05, 0) is 32.1 Å². The first kappa shape index (κ1) is 11.5. The van der Waals surface area contributed by atoms with Crippen molar-refractivity contribution in [1.29, 1.82) is 0 Å². The third-order valence-electron chi connectivity index (χ3n) is 3.27. The van der Waals surface area contributed by atoms with Gasteiger partial charge < -0.3 is 10.6 Å². The smallest absolute Gasteiger partial charge is 0.239 e. The van der Waals surface area contributed by atoms with Crippen molar-refractivity contribution in [2.45, 2.75) is 46.2 Å². The summed E-state index contributed by atoms with van der Waals surface area (Å²) < 4.78 is 0. The minimum atomic E-state index is -0.366. The lowest BCUT2D eigenvalue weighted by Gasteiger charge is -2.41. The first-order valence-electron chi connectivity index (χ1n) is 5.49. The average Bonchev–Trinajstić information content (AvgIpc) is 2.09. The van der Waals surface area contributed by atoms with Gasteiger partial charge in [-0.3, -0.25) is 4.79 Å². The van der Waals surface area contributed by atoms with Gasteiger partial charge in [0, 0.05) is 12.6 Å². The van der Waals surface area contributed by atoms with E-state index >= 15 is 0 Å². The van der Waals surface area contributed by atoms with Gasteiger partial charge in [-0.1, -0.05) is 13.8 Å². The fraction of sp³-hybridized carbons (Fsp3) is 0.909. The van der Waals surface area contributed by atoms with Gasteiger partial charge in [0.1, 0.15) is 0 Å². The molecule has 1 aliphatic rings. The van der Waals surface area contributed by atoms with Crippen LogP contribution >= 0.6 is 0 Å². The summed E-state index contributed by atoms with van der Waals surface area (Å²) in [4.78, 5) is 13.7. The zero-order valence-electron chi connectivity index (χ0n) is 9.66. The fourth-order valence-electron chi connectivity index (χ4n) is 2.27. The Morgan fingerprint density at radius 2 is 2.00 bits per heavy atom. The van der Waals surface area contributed by atoms with Crippen LogP contribution in [0.15, 0.2) is 0 Å². The number of nitrogens with zero attached hydrogens (tertiary/aromatic N) is 1. The van der Waals surface area contributed by atoms with Crippen molar-refractivity contribution in [2.75, 3.05) is 6.54 Å². The van der Waals surface area contributed by atoms with Crippen LogP contribution in [0, 0.1) is 11.8 Å². The van der Waals surface area contributed by atoms with Crippen molar-refractivity contribution in [1.82, 2.24) is 4.90 Å². The molecule has 0 radical (unpaired) electrons. The Labute approximate surface area is 86.6 Å². The van der Waals surface area contributed by atoms with Crippen LogP contribution in [-0.2, 0) is 4.79 Å². The third-order valence-corrected chi connectivity index (χ3v) is 3.27. The van der Waals surface area contributed by atoms with Crippen molar-refractivity contribution >= 4 is 5.91 Å². The van der Waals surface area contributed by atoms with E-state index in [4.69, 9.17) is 5.73 Å². The van der Waals surface area contributed by atoms with Gasteiger partial charge in [-0.15, -0.1) is 0 Å². The largest absolute Gasteiger partial charge is 0.338 e. The van der Waals surface area contributed by atoms with Crippen LogP contribution in [0.4, 0.5) is 0 Å². The number of amides is 1. The lowest BCUT2D eigenvalue weighted by Crippen LogP contribution is -2.53. The molecule has 0 aromatic rings. The summed E-state index contributed by atoms with van der Waals surface area (Å²) in [5.74, 6) is 1.28. The molecule has 1 heterocycles. The molecule has 0 aliphatic carbocycles. The minimum absolute atomic E-state index is 0.0934. The highest BCUT2D eigenvalue weighted by Crippen LogP contribution is 2.27. The molecule has 2 N–H and O–H groups in total. The van der Waals surface area contributed by atoms with Crippen molar-refractivity contribution in [3.63, 3.8) is 0 Å². The maximum atomic E-state index is 11.8. The summed E-state index contributed by atoms with van der Waals surface area (Å²) in [6, 6.07) is -0.0281. The van der Waals surface area contributed by atoms with E-state index in [0.717, 1.165) is 6.54 Å². The van der Waals surface area contributed by atoms with Crippen molar-refractivity contribution in [3.8, 4) is 0 Å². The molecule has 1 saturated heterocycles. The van der Waals surface area contributed by atoms with E-state index in [9.17, 15) is 4.79 Å². The third kappa shape index (κ3) is 2.27. The van der Waals surface area contributed by atoms with E-state index in [0.29, 0.717) is 17.9 Å². The summed E-state index contributed by atoms with van der Waals surface area (Å²) in [5.41, 5.74) is 5.63. The molecule has 1 rings (SSSR count). The number of hydrogen-bond donors (Lipinski definition) is 1. The van der Waals surface area contributed by atoms with E-state index in [1.165, 1.54) is 6.42 Å². The normalized spacial score (nSPS) is 35.5. The SMILES string of the molecule is CC1CC(C)C(C)N(C(=O)[C@H](C)N)C1. The van der Waals surface area contributed by atoms with Crippen molar-refractivity contribution in [2.24, 2.45) is 17.6 Å². The van der Waals surface area contributed by atoms with Gasteiger partial charge in [0.05, 0.1) is 6.04 Å². The Morgan fingerprint density at radius 1 is 1.43 bits per heavy atom. The van der Waals surface area contributed by atoms with Gasteiger partial charge in [0.2, 0.25) is 5.91 Å². The van der Waals surface area contributed by atoms with Crippen LogP contribution in [0.2, 0.25) is 0 Å². The van der Waals surface area contributed by atoms with Crippen LogP contribution in [0.5, 0.6) is 0 Å². The van der Waals surface area contributed by atoms with E-state index in [1.807, 2.05) is 4.90 Å². The molecule has 0 aromatic carbocycles. The molecule has 0 aromatic heterocycles. The Morgan fingerprint density at radius 3 is 2.50 bits per heavy atom. The lowest BCUT2D eigenvalue weighted by atomic mass is 9.85. The van der Waals surface area contributed by atoms with Gasteiger partial charge in [-0.2, -0.15) is 0 Å². The van der Waals surface area contributed by atoms with E-state index in [1.54, 1.807) is 6.92 Å². The Bertz CT molecular complexity index is 215. The second kappa shape index (κ2) is 4.30. The summed E-state index contributed by atoms with van der Waals surface area (Å²) in [6.07, 6.45) is 1.21. The topological polar surface area (TPSA) is 46.3 Å². The summed E-state index contributed by atoms with van der Waals surface area (Å²) in [7, 11) is 0. The van der Waals surface area contributed by atoms with Crippen LogP contribution < -0.4 is 5.73 Å². The number of piperidine rings is 1. The predicted octanol–water partition coefficient (Wildman–Crippen LogP) is 1.23. The molecule has 14 heavy (non-hydrogen) atoms. The van der Waals surface area contributed by atoms with E-state index in [2.05, 4.69) is 20.8 Å². The zero-order valence-corrected chi connectivity index (χ0v) is 9.66. The highest BCUT2D eigenvalue weighted by molar-refractivity contribution is 5.81. The monoisotopic (exact) mass is 198 g/mol. The summed E-state index contributed by atoms with van der Waals surface area (Å²) in [5, 5.41) is 0. The number of nitrogens with two attached hydrogens (primary N) is 1. The van der Waals surface area contributed by atoms with E-state index in [-0.39, 0.29) is 11.9 Å². The Hall–Kier alpha value is -0.570. The first-order valence-corrected chi connectivity index (χ1v) is 5.49. The van der Waals surface area contributed by atoms with Crippen LogP contribution in [0.25, 0.3) is 0 Å². The van der Waals surface area contributed by atoms with Gasteiger partial charge in [0.15, 0.2) is 0 Å². The molecule has 82 valence electrons. The molecular formula is C11H22N2O. The zero-order chi connectivity index (χ0) is 10.9. The molecule has 0 saturated carbocycles. The second-order valence-corrected chi connectivity index (χ2v) is 4.84. The molecule has 3 nitrogen and oxygen atoms in total. The fourth-order valence-corrected chi connectivity index (χ4v) is 2.27. The molecule has 1 fully saturated rings. The second-order valence-electron chi connectivity index (χ2n) is 4.84. The lowest BCUT2D eigenvalue weighted by molar-refractivity contribution is -0.138. The Kier molecular flexibility index (Phi) is 3.53. The molecule has 0 spiro atoms. The molecule has 1 aliphatic heterocycles. The summed E-state index contributed by atoms with van der Waals surface area (Å²) >= 11 is 0. The number of rotatable bonds is 1. The molecule has 3 heteroatoms. The highest BCUT2D eigenvalue weighted by atomic mass is 16.2. The molecule has 4 atom stereocenters. The minimum Gasteiger partial charge on any atom is -0.338 e. The average molecular weight is 198 g/mol. The first-order chi connectivity index (χ1) is 6.43.